The summed E-state index contributed by atoms with van der Waals surface area (Å²) < 4.78 is 36.0. The molecule has 0 aliphatic carbocycles. The Hall–Kier alpha value is -0.490. The monoisotopic (exact) mass is 560 g/mol. The zero-order valence-electron chi connectivity index (χ0n) is 13.4. The molecule has 1 unspecified atom stereocenters. The predicted octanol–water partition coefficient (Wildman–Crippen LogP) is 2.31. The van der Waals surface area contributed by atoms with Gasteiger partial charge < -0.3 is 9.30 Å². The first-order chi connectivity index (χ1) is 11.8. The van der Waals surface area contributed by atoms with Gasteiger partial charge in [-0.2, -0.15) is 9.40 Å². The summed E-state index contributed by atoms with van der Waals surface area (Å²) >= 11 is 5.53. The highest BCUT2D eigenvalue weighted by atomic mass is 127. The number of rotatable bonds is 4. The summed E-state index contributed by atoms with van der Waals surface area (Å²) in [5.74, 6) is -0.588. The van der Waals surface area contributed by atoms with Crippen molar-refractivity contribution in [1.82, 2.24) is 18.4 Å². The van der Waals surface area contributed by atoms with E-state index in [4.69, 9.17) is 4.74 Å². The van der Waals surface area contributed by atoms with Gasteiger partial charge in [0.2, 0.25) is 10.0 Å². The van der Waals surface area contributed by atoms with E-state index in [0.29, 0.717) is 23.9 Å². The van der Waals surface area contributed by atoms with Crippen LogP contribution in [0.3, 0.4) is 0 Å². The van der Waals surface area contributed by atoms with E-state index >= 15 is 0 Å². The van der Waals surface area contributed by atoms with Crippen LogP contribution in [0.1, 0.15) is 21.7 Å². The van der Waals surface area contributed by atoms with Gasteiger partial charge in [0, 0.05) is 37.8 Å². The molecule has 0 aromatic carbocycles. The summed E-state index contributed by atoms with van der Waals surface area (Å²) in [7, 11) is -0.890. The largest absolute Gasteiger partial charge is 0.464 e. The highest BCUT2D eigenvalue weighted by molar-refractivity contribution is 14.2. The minimum absolute atomic E-state index is 0.0574. The van der Waals surface area contributed by atoms with E-state index in [-0.39, 0.29) is 17.1 Å². The highest BCUT2D eigenvalue weighted by Crippen LogP contribution is 2.33. The lowest BCUT2D eigenvalue weighted by molar-refractivity contribution is 0.0589. The molecule has 0 spiro atoms. The molecule has 0 saturated heterocycles. The third-order valence-electron chi connectivity index (χ3n) is 4.12. The Labute approximate surface area is 168 Å². The fourth-order valence-electron chi connectivity index (χ4n) is 2.76. The second-order valence-corrected chi connectivity index (χ2v) is 10.1. The molecule has 1 aliphatic heterocycles. The van der Waals surface area contributed by atoms with Crippen LogP contribution in [-0.4, -0.2) is 46.5 Å². The molecule has 8 nitrogen and oxygen atoms in total. The summed E-state index contributed by atoms with van der Waals surface area (Å²) in [4.78, 5) is 11.9. The number of carbonyl (C=O) groups is 1. The standard InChI is InChI=1S/C13H15BrIN4O4PS/c1-17-10(13(20)23-2)5-11(12(17)14)25(21,22)18-4-3-9-8(7-18)6-16-19(9)24-15/h5-6,24H,3-4,7H2,1-2H3. The van der Waals surface area contributed by atoms with Crippen molar-refractivity contribution in [3.05, 3.63) is 33.8 Å². The number of ether oxygens (including phenoxy) is 1. The number of carbonyl (C=O) groups excluding carboxylic acids is 1. The van der Waals surface area contributed by atoms with Crippen LogP contribution in [0.2, 0.25) is 0 Å². The number of halogens is 2. The summed E-state index contributed by atoms with van der Waals surface area (Å²) in [5, 5.41) is 4.30. The van der Waals surface area contributed by atoms with Gasteiger partial charge in [0.15, 0.2) is 0 Å². The molecule has 0 radical (unpaired) electrons. The van der Waals surface area contributed by atoms with E-state index < -0.39 is 16.0 Å². The Balaban J connectivity index is 1.97. The first kappa shape index (κ1) is 19.3. The average Bonchev–Trinajstić information content (AvgIpc) is 3.15. The summed E-state index contributed by atoms with van der Waals surface area (Å²) in [6.07, 6.45) is 2.82. The Morgan fingerprint density at radius 2 is 2.20 bits per heavy atom. The van der Waals surface area contributed by atoms with E-state index in [2.05, 4.69) is 43.1 Å². The fourth-order valence-corrected chi connectivity index (χ4v) is 6.91. The second-order valence-electron chi connectivity index (χ2n) is 5.44. The zero-order chi connectivity index (χ0) is 18.4. The Morgan fingerprint density at radius 1 is 1.48 bits per heavy atom. The van der Waals surface area contributed by atoms with E-state index in [1.165, 1.54) is 22.0 Å². The van der Waals surface area contributed by atoms with Gasteiger partial charge >= 0.3 is 5.97 Å². The first-order valence-electron chi connectivity index (χ1n) is 7.17. The quantitative estimate of drug-likeness (QED) is 0.325. The van der Waals surface area contributed by atoms with Crippen molar-refractivity contribution < 1.29 is 17.9 Å². The van der Waals surface area contributed by atoms with E-state index in [1.807, 2.05) is 4.45 Å². The van der Waals surface area contributed by atoms with Gasteiger partial charge in [0.1, 0.15) is 15.2 Å². The maximum Gasteiger partial charge on any atom is 0.354 e. The topological polar surface area (TPSA) is 86.4 Å². The molecule has 0 fully saturated rings. The molecule has 1 aliphatic rings. The number of methoxy groups -OCH3 is 1. The molecule has 136 valence electrons. The molecule has 12 heteroatoms. The molecule has 0 saturated carbocycles. The van der Waals surface area contributed by atoms with Gasteiger partial charge in [0.05, 0.1) is 19.7 Å². The lowest BCUT2D eigenvalue weighted by Gasteiger charge is -2.26. The van der Waals surface area contributed by atoms with Crippen LogP contribution in [0.5, 0.6) is 0 Å². The van der Waals surface area contributed by atoms with Crippen LogP contribution in [-0.2, 0) is 34.8 Å². The van der Waals surface area contributed by atoms with Crippen molar-refractivity contribution in [1.29, 1.82) is 0 Å². The van der Waals surface area contributed by atoms with Crippen molar-refractivity contribution in [2.75, 3.05) is 13.7 Å². The number of esters is 1. The molecule has 0 bridgehead atoms. The minimum Gasteiger partial charge on any atom is -0.464 e. The number of hydrogen-bond acceptors (Lipinski definition) is 5. The molecule has 3 rings (SSSR count). The lowest BCUT2D eigenvalue weighted by Crippen LogP contribution is -2.36. The van der Waals surface area contributed by atoms with Crippen LogP contribution in [0.15, 0.2) is 21.8 Å². The minimum atomic E-state index is -3.76. The van der Waals surface area contributed by atoms with Gasteiger partial charge in [-0.05, 0) is 44.0 Å². The average molecular weight is 561 g/mol. The number of fused-ring (bicyclic) bond motifs is 1. The lowest BCUT2D eigenvalue weighted by atomic mass is 10.1. The Bertz CT molecular complexity index is 942. The number of nitrogens with zero attached hydrogens (tertiary/aromatic N) is 4. The molecule has 0 N–H and O–H groups in total. The van der Waals surface area contributed by atoms with E-state index in [0.717, 1.165) is 11.3 Å². The highest BCUT2D eigenvalue weighted by Gasteiger charge is 2.34. The van der Waals surface area contributed by atoms with E-state index in [1.54, 1.807) is 13.2 Å². The molecule has 3 heterocycles. The smallest absolute Gasteiger partial charge is 0.354 e. The first-order valence-corrected chi connectivity index (χ1v) is 13.5. The molecule has 0 amide bonds. The number of aromatic nitrogens is 3. The van der Waals surface area contributed by atoms with Crippen LogP contribution < -0.4 is 0 Å². The SMILES string of the molecule is COC(=O)c1cc(S(=O)(=O)N2CCc3c(cnn3PI)C2)c(Br)n1C. The third-order valence-corrected chi connectivity index (χ3v) is 9.12. The van der Waals surface area contributed by atoms with Crippen molar-refractivity contribution in [3.63, 3.8) is 0 Å². The van der Waals surface area contributed by atoms with Gasteiger partial charge in [-0.25, -0.2) is 17.7 Å². The third kappa shape index (κ3) is 3.29. The van der Waals surface area contributed by atoms with Gasteiger partial charge in [-0.15, -0.1) is 0 Å². The van der Waals surface area contributed by atoms with Crippen molar-refractivity contribution in [2.45, 2.75) is 17.9 Å². The predicted molar refractivity (Wildman–Crippen MR) is 106 cm³/mol. The Kier molecular flexibility index (Phi) is 5.60. The maximum atomic E-state index is 13.1. The van der Waals surface area contributed by atoms with Gasteiger partial charge in [-0.3, -0.25) is 0 Å². The van der Waals surface area contributed by atoms with Gasteiger partial charge in [0.25, 0.3) is 0 Å². The molecule has 2 aromatic heterocycles. The molecular formula is C13H15BrIN4O4PS. The van der Waals surface area contributed by atoms with E-state index in [9.17, 15) is 13.2 Å². The van der Waals surface area contributed by atoms with Crippen molar-refractivity contribution in [3.8, 4) is 0 Å². The van der Waals surface area contributed by atoms with Crippen LogP contribution >= 0.6 is 44.3 Å². The molecule has 1 atom stereocenters. The number of hydrogen-bond donors (Lipinski definition) is 0. The normalized spacial score (nSPS) is 15.7. The number of sulfonamides is 1. The van der Waals surface area contributed by atoms with Crippen molar-refractivity contribution in [2.24, 2.45) is 7.05 Å². The maximum absolute atomic E-state index is 13.1. The summed E-state index contributed by atoms with van der Waals surface area (Å²) in [6, 6.07) is 1.34. The fraction of sp³-hybridized carbons (Fsp3) is 0.385. The summed E-state index contributed by atoms with van der Waals surface area (Å²) in [6.45, 7) is 0.644. The second kappa shape index (κ2) is 7.26. The molecule has 2 aromatic rings. The van der Waals surface area contributed by atoms with Crippen LogP contribution in [0, 0.1) is 0 Å². The van der Waals surface area contributed by atoms with Crippen LogP contribution in [0.4, 0.5) is 0 Å². The molecule has 25 heavy (non-hydrogen) atoms. The van der Waals surface area contributed by atoms with Crippen molar-refractivity contribution >= 4 is 60.3 Å². The molecular weight excluding hydrogens is 546 g/mol. The zero-order valence-corrected chi connectivity index (χ0v) is 18.9. The van der Waals surface area contributed by atoms with Gasteiger partial charge in [-0.1, -0.05) is 0 Å². The Morgan fingerprint density at radius 3 is 2.84 bits per heavy atom. The summed E-state index contributed by atoms with van der Waals surface area (Å²) in [5.41, 5.74) is 2.17. The van der Waals surface area contributed by atoms with Crippen LogP contribution in [0.25, 0.3) is 0 Å².